The van der Waals surface area contributed by atoms with E-state index >= 15 is 0 Å². The third-order valence-electron chi connectivity index (χ3n) is 4.64. The number of hydrogen-bond acceptors (Lipinski definition) is 9. The molecule has 2 heterocycles. The third kappa shape index (κ3) is 4.53. The summed E-state index contributed by atoms with van der Waals surface area (Å²) in [5, 5.41) is 13.5. The first-order chi connectivity index (χ1) is 15.6. The molecule has 10 nitrogen and oxygen atoms in total. The summed E-state index contributed by atoms with van der Waals surface area (Å²) in [6.07, 6.45) is 1.41. The zero-order chi connectivity index (χ0) is 22.5. The van der Waals surface area contributed by atoms with E-state index in [-0.39, 0.29) is 0 Å². The minimum Gasteiger partial charge on any atom is -0.493 e. The van der Waals surface area contributed by atoms with Gasteiger partial charge in [0.2, 0.25) is 17.6 Å². The van der Waals surface area contributed by atoms with Gasteiger partial charge in [-0.05, 0) is 18.6 Å². The summed E-state index contributed by atoms with van der Waals surface area (Å²) in [4.78, 5) is 12.8. The van der Waals surface area contributed by atoms with Crippen LogP contribution in [0.2, 0.25) is 0 Å². The quantitative estimate of drug-likeness (QED) is 0.377. The van der Waals surface area contributed by atoms with Gasteiger partial charge in [0.25, 0.3) is 0 Å². The van der Waals surface area contributed by atoms with Crippen LogP contribution in [0, 0.1) is 6.92 Å². The van der Waals surface area contributed by atoms with Gasteiger partial charge in [-0.2, -0.15) is 10.1 Å². The molecule has 2 aromatic heterocycles. The summed E-state index contributed by atoms with van der Waals surface area (Å²) in [5.41, 5.74) is 3.77. The summed E-state index contributed by atoms with van der Waals surface area (Å²) < 4.78 is 16.1. The van der Waals surface area contributed by atoms with E-state index in [9.17, 15) is 0 Å². The Morgan fingerprint density at radius 3 is 2.22 bits per heavy atom. The SMILES string of the molecule is COc1cc(Nc2ncnc(Nc3cc(-c4cccc(C)c4)[nH]n3)n2)cc(OC)c1OC. The van der Waals surface area contributed by atoms with E-state index in [4.69, 9.17) is 14.2 Å². The summed E-state index contributed by atoms with van der Waals surface area (Å²) in [6, 6.07) is 13.6. The number of aromatic amines is 1. The van der Waals surface area contributed by atoms with Crippen molar-refractivity contribution in [1.82, 2.24) is 25.1 Å². The van der Waals surface area contributed by atoms with Crippen LogP contribution in [0.4, 0.5) is 23.4 Å². The van der Waals surface area contributed by atoms with E-state index in [2.05, 4.69) is 41.8 Å². The van der Waals surface area contributed by atoms with Gasteiger partial charge in [0.15, 0.2) is 17.3 Å². The number of aryl methyl sites for hydroxylation is 1. The van der Waals surface area contributed by atoms with Crippen molar-refractivity contribution in [3.05, 3.63) is 54.4 Å². The molecule has 4 aromatic rings. The lowest BCUT2D eigenvalue weighted by molar-refractivity contribution is 0.324. The van der Waals surface area contributed by atoms with Gasteiger partial charge in [0.05, 0.1) is 27.0 Å². The number of methoxy groups -OCH3 is 3. The van der Waals surface area contributed by atoms with Gasteiger partial charge >= 0.3 is 0 Å². The Hall–Kier alpha value is -4.34. The van der Waals surface area contributed by atoms with Crippen LogP contribution in [-0.4, -0.2) is 46.5 Å². The molecule has 3 N–H and O–H groups in total. The van der Waals surface area contributed by atoms with Crippen molar-refractivity contribution >= 4 is 23.4 Å². The molecule has 0 spiro atoms. The highest BCUT2D eigenvalue weighted by atomic mass is 16.5. The van der Waals surface area contributed by atoms with Crippen molar-refractivity contribution in [3.63, 3.8) is 0 Å². The summed E-state index contributed by atoms with van der Waals surface area (Å²) >= 11 is 0. The number of rotatable bonds is 8. The summed E-state index contributed by atoms with van der Waals surface area (Å²) in [5.74, 6) is 2.81. The topological polar surface area (TPSA) is 119 Å². The smallest absolute Gasteiger partial charge is 0.233 e. The lowest BCUT2D eigenvalue weighted by atomic mass is 10.1. The van der Waals surface area contributed by atoms with Gasteiger partial charge in [-0.3, -0.25) is 5.10 Å². The molecule has 0 aliphatic rings. The number of nitrogens with one attached hydrogen (secondary N) is 3. The lowest BCUT2D eigenvalue weighted by Crippen LogP contribution is -2.03. The molecule has 2 aromatic carbocycles. The average molecular weight is 433 g/mol. The maximum Gasteiger partial charge on any atom is 0.233 e. The van der Waals surface area contributed by atoms with Crippen molar-refractivity contribution in [1.29, 1.82) is 0 Å². The maximum atomic E-state index is 5.38. The zero-order valence-electron chi connectivity index (χ0n) is 18.1. The molecule has 0 aliphatic heterocycles. The Labute approximate surface area is 185 Å². The van der Waals surface area contributed by atoms with E-state index in [0.29, 0.717) is 40.7 Å². The molecule has 0 bridgehead atoms. The Balaban J connectivity index is 1.52. The second-order valence-electron chi connectivity index (χ2n) is 6.83. The normalized spacial score (nSPS) is 10.5. The van der Waals surface area contributed by atoms with Crippen molar-refractivity contribution in [2.75, 3.05) is 32.0 Å². The molecule has 10 heteroatoms. The summed E-state index contributed by atoms with van der Waals surface area (Å²) in [6.45, 7) is 2.05. The van der Waals surface area contributed by atoms with E-state index in [1.165, 1.54) is 11.9 Å². The largest absolute Gasteiger partial charge is 0.493 e. The minimum atomic E-state index is 0.339. The van der Waals surface area contributed by atoms with Gasteiger partial charge in [-0.1, -0.05) is 23.8 Å². The number of nitrogens with zero attached hydrogens (tertiary/aromatic N) is 4. The van der Waals surface area contributed by atoms with Crippen LogP contribution in [0.1, 0.15) is 5.56 Å². The number of hydrogen-bond donors (Lipinski definition) is 3. The van der Waals surface area contributed by atoms with Crippen molar-refractivity contribution in [2.45, 2.75) is 6.92 Å². The second-order valence-corrected chi connectivity index (χ2v) is 6.83. The van der Waals surface area contributed by atoms with Gasteiger partial charge in [0, 0.05) is 23.9 Å². The molecule has 0 radical (unpaired) electrons. The molecule has 0 fully saturated rings. The highest BCUT2D eigenvalue weighted by Crippen LogP contribution is 2.40. The predicted octanol–water partition coefficient (Wildman–Crippen LogP) is 4.08. The molecule has 32 heavy (non-hydrogen) atoms. The number of aromatic nitrogens is 5. The molecule has 0 saturated carbocycles. The highest BCUT2D eigenvalue weighted by molar-refractivity contribution is 5.67. The Morgan fingerprint density at radius 2 is 1.56 bits per heavy atom. The molecule has 164 valence electrons. The highest BCUT2D eigenvalue weighted by Gasteiger charge is 2.14. The monoisotopic (exact) mass is 433 g/mol. The van der Waals surface area contributed by atoms with Crippen molar-refractivity contribution in [3.8, 4) is 28.5 Å². The molecule has 0 atom stereocenters. The van der Waals surface area contributed by atoms with Crippen LogP contribution in [-0.2, 0) is 0 Å². The van der Waals surface area contributed by atoms with Crippen LogP contribution < -0.4 is 24.8 Å². The molecular formula is C22H23N7O3. The average Bonchev–Trinajstić information content (AvgIpc) is 3.27. The minimum absolute atomic E-state index is 0.339. The standard InChI is InChI=1S/C22H23N7O3/c1-13-6-5-7-14(8-13)16-11-19(29-28-16)26-22-24-12-23-21(27-22)25-15-9-17(30-2)20(32-4)18(10-15)31-3/h5-12H,1-4H3,(H3,23,24,25,26,27,28,29). The number of ether oxygens (including phenoxy) is 3. The third-order valence-corrected chi connectivity index (χ3v) is 4.64. The van der Waals surface area contributed by atoms with Crippen LogP contribution in [0.15, 0.2) is 48.8 Å². The Bertz CT molecular complexity index is 1200. The molecule has 0 saturated heterocycles. The van der Waals surface area contributed by atoms with E-state index in [1.54, 1.807) is 33.5 Å². The number of benzene rings is 2. The molecule has 0 amide bonds. The molecular weight excluding hydrogens is 410 g/mol. The molecule has 0 unspecified atom stereocenters. The molecule has 4 rings (SSSR count). The predicted molar refractivity (Wildman–Crippen MR) is 121 cm³/mol. The fourth-order valence-corrected chi connectivity index (χ4v) is 3.16. The van der Waals surface area contributed by atoms with Crippen LogP contribution in [0.25, 0.3) is 11.3 Å². The Kier molecular flexibility index (Phi) is 6.02. The van der Waals surface area contributed by atoms with Gasteiger partial charge in [-0.15, -0.1) is 0 Å². The van der Waals surface area contributed by atoms with E-state index in [0.717, 1.165) is 11.3 Å². The first-order valence-electron chi connectivity index (χ1n) is 9.75. The van der Waals surface area contributed by atoms with Gasteiger partial charge < -0.3 is 24.8 Å². The fraction of sp³-hybridized carbons (Fsp3) is 0.182. The van der Waals surface area contributed by atoms with Gasteiger partial charge in [-0.25, -0.2) is 9.97 Å². The van der Waals surface area contributed by atoms with Crippen LogP contribution in [0.3, 0.4) is 0 Å². The van der Waals surface area contributed by atoms with Crippen molar-refractivity contribution < 1.29 is 14.2 Å². The van der Waals surface area contributed by atoms with Crippen LogP contribution >= 0.6 is 0 Å². The number of H-pyrrole nitrogens is 1. The first-order valence-corrected chi connectivity index (χ1v) is 9.75. The number of anilines is 4. The first kappa shape index (κ1) is 20.9. The van der Waals surface area contributed by atoms with E-state index in [1.807, 2.05) is 31.2 Å². The maximum absolute atomic E-state index is 5.38. The molecule has 0 aliphatic carbocycles. The van der Waals surface area contributed by atoms with E-state index < -0.39 is 0 Å². The Morgan fingerprint density at radius 1 is 0.844 bits per heavy atom. The van der Waals surface area contributed by atoms with Crippen molar-refractivity contribution in [2.24, 2.45) is 0 Å². The van der Waals surface area contributed by atoms with Gasteiger partial charge in [0.1, 0.15) is 6.33 Å². The summed E-state index contributed by atoms with van der Waals surface area (Å²) in [7, 11) is 4.67. The lowest BCUT2D eigenvalue weighted by Gasteiger charge is -2.14. The fourth-order valence-electron chi connectivity index (χ4n) is 3.16. The second kappa shape index (κ2) is 9.21. The van der Waals surface area contributed by atoms with Crippen LogP contribution in [0.5, 0.6) is 17.2 Å². The zero-order valence-corrected chi connectivity index (χ0v) is 18.1.